The molecule has 0 aromatic carbocycles. The molecule has 4 heteroatoms. The Morgan fingerprint density at radius 3 is 2.75 bits per heavy atom. The summed E-state index contributed by atoms with van der Waals surface area (Å²) in [5.41, 5.74) is -0.600. The lowest BCUT2D eigenvalue weighted by molar-refractivity contribution is 0.0478. The van der Waals surface area contributed by atoms with Crippen molar-refractivity contribution in [2.45, 2.75) is 45.3 Å². The number of nitrogens with one attached hydrogen (secondary N) is 1. The van der Waals surface area contributed by atoms with E-state index in [1.165, 1.54) is 4.88 Å². The Hall–Kier alpha value is 0.1000. The predicted molar refractivity (Wildman–Crippen MR) is 74.0 cm³/mol. The summed E-state index contributed by atoms with van der Waals surface area (Å²) in [5, 5.41) is 13.4. The van der Waals surface area contributed by atoms with Crippen molar-refractivity contribution in [3.63, 3.8) is 0 Å². The molecule has 1 aromatic heterocycles. The first-order valence-corrected chi connectivity index (χ1v) is 7.26. The van der Waals surface area contributed by atoms with Crippen molar-refractivity contribution >= 4 is 27.3 Å². The van der Waals surface area contributed by atoms with Crippen LogP contribution in [0, 0.1) is 0 Å². The van der Waals surface area contributed by atoms with Crippen LogP contribution >= 0.6 is 27.3 Å². The molecule has 0 spiro atoms. The maximum Gasteiger partial charge on any atom is 0.0743 e. The first kappa shape index (κ1) is 14.2. The van der Waals surface area contributed by atoms with Crippen LogP contribution in [0.5, 0.6) is 0 Å². The highest BCUT2D eigenvalue weighted by Crippen LogP contribution is 2.27. The number of thiophene rings is 1. The minimum Gasteiger partial charge on any atom is -0.389 e. The molecule has 0 aliphatic rings. The zero-order chi connectivity index (χ0) is 12.2. The van der Waals surface area contributed by atoms with Gasteiger partial charge in [-0.1, -0.05) is 13.3 Å². The molecule has 1 heterocycles. The van der Waals surface area contributed by atoms with Crippen molar-refractivity contribution in [3.05, 3.63) is 20.8 Å². The molecule has 0 aliphatic carbocycles. The third-order valence-corrected chi connectivity index (χ3v) is 4.40. The summed E-state index contributed by atoms with van der Waals surface area (Å²) in [6.07, 6.45) is 1.84. The standard InChI is InChI=1S/C12H20BrNOS/c1-4-7-12(3,15)8-14-9(2)10-5-6-11(13)16-10/h5-6,9,14-15H,4,7-8H2,1-3H3. The van der Waals surface area contributed by atoms with Gasteiger partial charge < -0.3 is 10.4 Å². The van der Waals surface area contributed by atoms with Crippen LogP contribution in [-0.2, 0) is 0 Å². The van der Waals surface area contributed by atoms with Gasteiger partial charge >= 0.3 is 0 Å². The van der Waals surface area contributed by atoms with Gasteiger partial charge in [0, 0.05) is 17.5 Å². The fraction of sp³-hybridized carbons (Fsp3) is 0.667. The Morgan fingerprint density at radius 1 is 1.56 bits per heavy atom. The molecule has 2 nitrogen and oxygen atoms in total. The maximum atomic E-state index is 10.0. The van der Waals surface area contributed by atoms with Crippen molar-refractivity contribution in [1.29, 1.82) is 0 Å². The SMILES string of the molecule is CCCC(C)(O)CNC(C)c1ccc(Br)s1. The summed E-state index contributed by atoms with van der Waals surface area (Å²) in [5.74, 6) is 0. The smallest absolute Gasteiger partial charge is 0.0743 e. The number of hydrogen-bond acceptors (Lipinski definition) is 3. The van der Waals surface area contributed by atoms with E-state index in [9.17, 15) is 5.11 Å². The monoisotopic (exact) mass is 305 g/mol. The van der Waals surface area contributed by atoms with Crippen LogP contribution in [0.1, 0.15) is 44.5 Å². The molecule has 92 valence electrons. The Kier molecular flexibility index (Phi) is 5.44. The Morgan fingerprint density at radius 2 is 2.25 bits per heavy atom. The van der Waals surface area contributed by atoms with Crippen molar-refractivity contribution in [2.24, 2.45) is 0 Å². The minimum atomic E-state index is -0.600. The van der Waals surface area contributed by atoms with E-state index >= 15 is 0 Å². The highest BCUT2D eigenvalue weighted by atomic mass is 79.9. The molecule has 0 saturated carbocycles. The summed E-state index contributed by atoms with van der Waals surface area (Å²) in [7, 11) is 0. The van der Waals surface area contributed by atoms with E-state index in [0.29, 0.717) is 12.6 Å². The Labute approximate surface area is 110 Å². The molecule has 0 radical (unpaired) electrons. The Bertz CT molecular complexity index is 325. The lowest BCUT2D eigenvalue weighted by Crippen LogP contribution is -2.38. The quantitative estimate of drug-likeness (QED) is 0.839. The van der Waals surface area contributed by atoms with E-state index in [2.05, 4.69) is 47.2 Å². The van der Waals surface area contributed by atoms with Crippen LogP contribution in [0.25, 0.3) is 0 Å². The van der Waals surface area contributed by atoms with E-state index < -0.39 is 5.60 Å². The van der Waals surface area contributed by atoms with Crippen molar-refractivity contribution in [2.75, 3.05) is 6.54 Å². The van der Waals surface area contributed by atoms with E-state index in [1.807, 2.05) is 6.92 Å². The summed E-state index contributed by atoms with van der Waals surface area (Å²) < 4.78 is 1.15. The maximum absolute atomic E-state index is 10.0. The van der Waals surface area contributed by atoms with E-state index in [-0.39, 0.29) is 0 Å². The van der Waals surface area contributed by atoms with Crippen LogP contribution in [0.3, 0.4) is 0 Å². The molecule has 16 heavy (non-hydrogen) atoms. The van der Waals surface area contributed by atoms with Crippen LogP contribution in [0.4, 0.5) is 0 Å². The van der Waals surface area contributed by atoms with E-state index in [4.69, 9.17) is 0 Å². The molecule has 1 aromatic rings. The lowest BCUT2D eigenvalue weighted by Gasteiger charge is -2.25. The number of aliphatic hydroxyl groups is 1. The fourth-order valence-electron chi connectivity index (χ4n) is 1.66. The van der Waals surface area contributed by atoms with Gasteiger partial charge in [0.2, 0.25) is 0 Å². The van der Waals surface area contributed by atoms with Gasteiger partial charge in [-0.2, -0.15) is 0 Å². The molecule has 2 unspecified atom stereocenters. The second-order valence-electron chi connectivity index (χ2n) is 4.49. The minimum absolute atomic E-state index is 0.291. The predicted octanol–water partition coefficient (Wildman–Crippen LogP) is 3.71. The summed E-state index contributed by atoms with van der Waals surface area (Å²) in [6, 6.07) is 4.46. The average Bonchev–Trinajstić information content (AvgIpc) is 2.61. The molecule has 0 saturated heterocycles. The number of halogens is 1. The van der Waals surface area contributed by atoms with Crippen LogP contribution < -0.4 is 5.32 Å². The third-order valence-electron chi connectivity index (χ3n) is 2.60. The molecule has 0 aliphatic heterocycles. The molecular formula is C12H20BrNOS. The van der Waals surface area contributed by atoms with Gasteiger partial charge in [0.1, 0.15) is 0 Å². The highest BCUT2D eigenvalue weighted by Gasteiger charge is 2.20. The summed E-state index contributed by atoms with van der Waals surface area (Å²) in [6.45, 7) is 6.74. The van der Waals surface area contributed by atoms with Crippen LogP contribution in [-0.4, -0.2) is 17.3 Å². The van der Waals surface area contributed by atoms with Gasteiger partial charge in [0.25, 0.3) is 0 Å². The van der Waals surface area contributed by atoms with Gasteiger partial charge in [-0.05, 0) is 48.3 Å². The molecule has 2 N–H and O–H groups in total. The molecule has 0 fully saturated rings. The second kappa shape index (κ2) is 6.15. The van der Waals surface area contributed by atoms with Gasteiger partial charge in [0.15, 0.2) is 0 Å². The first-order valence-electron chi connectivity index (χ1n) is 5.65. The summed E-state index contributed by atoms with van der Waals surface area (Å²) in [4.78, 5) is 1.29. The highest BCUT2D eigenvalue weighted by molar-refractivity contribution is 9.11. The van der Waals surface area contributed by atoms with Gasteiger partial charge in [-0.3, -0.25) is 0 Å². The molecule has 2 atom stereocenters. The van der Waals surface area contributed by atoms with Gasteiger partial charge in [-0.25, -0.2) is 0 Å². The van der Waals surface area contributed by atoms with Crippen molar-refractivity contribution < 1.29 is 5.11 Å². The largest absolute Gasteiger partial charge is 0.389 e. The van der Waals surface area contributed by atoms with Crippen molar-refractivity contribution in [1.82, 2.24) is 5.32 Å². The van der Waals surface area contributed by atoms with Crippen LogP contribution in [0.15, 0.2) is 15.9 Å². The summed E-state index contributed by atoms with van der Waals surface area (Å²) >= 11 is 5.19. The zero-order valence-electron chi connectivity index (χ0n) is 10.1. The number of hydrogen-bond donors (Lipinski definition) is 2. The molecular weight excluding hydrogens is 286 g/mol. The fourth-order valence-corrected chi connectivity index (χ4v) is 3.11. The lowest BCUT2D eigenvalue weighted by atomic mass is 10.0. The molecule has 1 rings (SSSR count). The average molecular weight is 306 g/mol. The topological polar surface area (TPSA) is 32.3 Å². The van der Waals surface area contributed by atoms with Crippen LogP contribution in [0.2, 0.25) is 0 Å². The zero-order valence-corrected chi connectivity index (χ0v) is 12.5. The van der Waals surface area contributed by atoms with Crippen molar-refractivity contribution in [3.8, 4) is 0 Å². The van der Waals surface area contributed by atoms with Gasteiger partial charge in [-0.15, -0.1) is 11.3 Å². The number of rotatable bonds is 6. The van der Waals surface area contributed by atoms with E-state index in [1.54, 1.807) is 11.3 Å². The van der Waals surface area contributed by atoms with Gasteiger partial charge in [0.05, 0.1) is 9.39 Å². The molecule has 0 bridgehead atoms. The first-order chi connectivity index (χ1) is 7.44. The normalized spacial score (nSPS) is 17.1. The van der Waals surface area contributed by atoms with E-state index in [0.717, 1.165) is 16.6 Å². The second-order valence-corrected chi connectivity index (χ2v) is 6.99. The molecule has 0 amide bonds. The Balaban J connectivity index is 2.43. The third kappa shape index (κ3) is 4.53.